The molecule has 5 N–H and O–H groups in total. The molecule has 1 aliphatic heterocycles. The van der Waals surface area contributed by atoms with Gasteiger partial charge in [0.2, 0.25) is 10.9 Å². The van der Waals surface area contributed by atoms with E-state index in [1.54, 1.807) is 12.1 Å². The Labute approximate surface area is 238 Å². The van der Waals surface area contributed by atoms with E-state index < -0.39 is 49.1 Å². The van der Waals surface area contributed by atoms with Gasteiger partial charge in [0, 0.05) is 6.42 Å². The molecule has 1 unspecified atom stereocenters. The Hall–Kier alpha value is -3.46. The van der Waals surface area contributed by atoms with Gasteiger partial charge in [0.1, 0.15) is 17.7 Å². The molecule has 5 atom stereocenters. The van der Waals surface area contributed by atoms with Gasteiger partial charge in [-0.15, -0.1) is 0 Å². The number of carbonyl (C=O) groups is 1. The highest BCUT2D eigenvalue weighted by molar-refractivity contribution is 6.28. The van der Waals surface area contributed by atoms with E-state index in [2.05, 4.69) is 27.1 Å². The van der Waals surface area contributed by atoms with Crippen LogP contribution in [0, 0.1) is 0 Å². The van der Waals surface area contributed by atoms with E-state index >= 15 is 4.39 Å². The van der Waals surface area contributed by atoms with Crippen molar-refractivity contribution in [1.82, 2.24) is 19.5 Å². The van der Waals surface area contributed by atoms with Crippen LogP contribution in [0.5, 0.6) is 0 Å². The summed E-state index contributed by atoms with van der Waals surface area (Å²) < 4.78 is 32.8. The molecule has 218 valence electrons. The molecule has 0 bridgehead atoms. The minimum atomic E-state index is -2.33. The molecule has 1 aromatic carbocycles. The number of nitrogens with two attached hydrogens (primary N) is 1. The molecule has 2 aliphatic rings. The SMILES string of the molecule is COC(=O)C(Cc1ccc(C2=CCCC=C2)cc1)(OC[C@H]1O[C@@H](n2cnc3c(N)nc(Cl)nc32)[C@@H](F)[C@@H]1O)C(O)O. The molecule has 3 aromatic rings. The fourth-order valence-electron chi connectivity index (χ4n) is 4.96. The van der Waals surface area contributed by atoms with Crippen LogP contribution < -0.4 is 5.73 Å². The number of ether oxygens (including phenoxy) is 3. The Balaban J connectivity index is 1.36. The first-order valence-electron chi connectivity index (χ1n) is 12.8. The lowest BCUT2D eigenvalue weighted by atomic mass is 9.91. The lowest BCUT2D eigenvalue weighted by Crippen LogP contribution is -2.55. The minimum absolute atomic E-state index is 0.0210. The Bertz CT molecular complexity index is 1480. The molecule has 0 spiro atoms. The third-order valence-corrected chi connectivity index (χ3v) is 7.36. The zero-order valence-electron chi connectivity index (χ0n) is 21.9. The fourth-order valence-corrected chi connectivity index (χ4v) is 5.14. The predicted molar refractivity (Wildman–Crippen MR) is 145 cm³/mol. The zero-order valence-corrected chi connectivity index (χ0v) is 22.7. The third-order valence-electron chi connectivity index (χ3n) is 7.19. The second kappa shape index (κ2) is 11.8. The molecule has 1 saturated heterocycles. The third kappa shape index (κ3) is 5.56. The standard InChI is InChI=1S/C27H29ClFN5O7/c1-39-25(38)27(24(36)37,11-14-7-9-16(10-8-14)15-5-3-2-4-6-15)40-12-17-20(35)18(29)23(41-17)34-13-31-19-21(30)32-26(28)33-22(19)34/h3,5-10,13,17-18,20,23-24,35-37H,2,4,11-12H2,1H3,(H2,30,32,33)/t17-,18+,20-,23-,27?/m1/s1. The molecule has 0 saturated carbocycles. The second-order valence-corrected chi connectivity index (χ2v) is 10.1. The number of benzene rings is 1. The first kappa shape index (κ1) is 29.0. The fraction of sp³-hybridized carbons (Fsp3) is 0.407. The van der Waals surface area contributed by atoms with E-state index in [-0.39, 0.29) is 28.7 Å². The van der Waals surface area contributed by atoms with E-state index in [0.29, 0.717) is 5.56 Å². The van der Waals surface area contributed by atoms with Crippen molar-refractivity contribution >= 4 is 40.1 Å². The van der Waals surface area contributed by atoms with Gasteiger partial charge in [0.05, 0.1) is 20.0 Å². The van der Waals surface area contributed by atoms with Gasteiger partial charge in [-0.05, 0) is 41.1 Å². The number of hydrogen-bond donors (Lipinski definition) is 4. The van der Waals surface area contributed by atoms with Crippen LogP contribution >= 0.6 is 11.6 Å². The topological polar surface area (TPSA) is 175 Å². The number of aliphatic hydroxyl groups excluding tert-OH is 2. The van der Waals surface area contributed by atoms with E-state index in [1.807, 2.05) is 18.2 Å². The first-order valence-corrected chi connectivity index (χ1v) is 13.2. The van der Waals surface area contributed by atoms with Crippen LogP contribution in [-0.4, -0.2) is 84.8 Å². The maximum atomic E-state index is 15.3. The smallest absolute Gasteiger partial charge is 0.343 e. The van der Waals surface area contributed by atoms with Crippen LogP contribution in [-0.2, 0) is 25.4 Å². The maximum absolute atomic E-state index is 15.3. The summed E-state index contributed by atoms with van der Waals surface area (Å²) in [6.07, 6.45) is 0.336. The van der Waals surface area contributed by atoms with Gasteiger partial charge in [0.15, 0.2) is 30.2 Å². The maximum Gasteiger partial charge on any atom is 0.343 e. The first-order chi connectivity index (χ1) is 19.6. The summed E-state index contributed by atoms with van der Waals surface area (Å²) in [4.78, 5) is 24.8. The van der Waals surface area contributed by atoms with Crippen LogP contribution in [0.25, 0.3) is 16.7 Å². The van der Waals surface area contributed by atoms with Crippen LogP contribution in [0.3, 0.4) is 0 Å². The van der Waals surface area contributed by atoms with Crippen LogP contribution in [0.15, 0.2) is 48.8 Å². The van der Waals surface area contributed by atoms with Crippen LogP contribution in [0.2, 0.25) is 5.28 Å². The number of nitrogen functional groups attached to an aromatic ring is 1. The number of imidazole rings is 1. The van der Waals surface area contributed by atoms with Crippen molar-refractivity contribution in [1.29, 1.82) is 0 Å². The highest BCUT2D eigenvalue weighted by Gasteiger charge is 2.51. The number of alkyl halides is 1. The lowest BCUT2D eigenvalue weighted by molar-refractivity contribution is -0.233. The second-order valence-electron chi connectivity index (χ2n) is 9.78. The Morgan fingerprint density at radius 3 is 2.71 bits per heavy atom. The molecule has 12 nitrogen and oxygen atoms in total. The largest absolute Gasteiger partial charge is 0.467 e. The summed E-state index contributed by atoms with van der Waals surface area (Å²) in [5.74, 6) is -1.09. The monoisotopic (exact) mass is 589 g/mol. The highest BCUT2D eigenvalue weighted by atomic mass is 35.5. The Morgan fingerprint density at radius 1 is 1.29 bits per heavy atom. The number of halogens is 2. The van der Waals surface area contributed by atoms with Crippen molar-refractivity contribution in [2.45, 2.75) is 55.8 Å². The van der Waals surface area contributed by atoms with E-state index in [0.717, 1.165) is 31.1 Å². The summed E-state index contributed by atoms with van der Waals surface area (Å²) in [5, 5.41) is 31.1. The van der Waals surface area contributed by atoms with Crippen molar-refractivity contribution in [2.75, 3.05) is 19.5 Å². The molecular formula is C27H29ClFN5O7. The Kier molecular flexibility index (Phi) is 8.36. The number of nitrogens with zero attached hydrogens (tertiary/aromatic N) is 4. The average Bonchev–Trinajstić information content (AvgIpc) is 3.51. The molecule has 1 aliphatic carbocycles. The molecule has 3 heterocycles. The lowest BCUT2D eigenvalue weighted by Gasteiger charge is -2.33. The van der Waals surface area contributed by atoms with Gasteiger partial charge >= 0.3 is 5.97 Å². The van der Waals surface area contributed by atoms with E-state index in [4.69, 9.17) is 31.5 Å². The van der Waals surface area contributed by atoms with Gasteiger partial charge in [-0.3, -0.25) is 4.57 Å². The number of fused-ring (bicyclic) bond motifs is 1. The van der Waals surface area contributed by atoms with Gasteiger partial charge in [-0.1, -0.05) is 42.5 Å². The minimum Gasteiger partial charge on any atom is -0.467 e. The normalized spacial score (nSPS) is 24.0. The number of aromatic nitrogens is 4. The van der Waals surface area contributed by atoms with E-state index in [1.165, 1.54) is 10.9 Å². The molecule has 14 heteroatoms. The Morgan fingerprint density at radius 2 is 2.05 bits per heavy atom. The predicted octanol–water partition coefficient (Wildman–Crippen LogP) is 1.87. The van der Waals surface area contributed by atoms with Crippen molar-refractivity contribution in [3.8, 4) is 0 Å². The number of allylic oxidation sites excluding steroid dienone is 4. The molecule has 0 radical (unpaired) electrons. The number of anilines is 1. The summed E-state index contributed by atoms with van der Waals surface area (Å²) in [6.45, 7) is -0.592. The molecule has 41 heavy (non-hydrogen) atoms. The summed E-state index contributed by atoms with van der Waals surface area (Å²) in [6, 6.07) is 7.17. The van der Waals surface area contributed by atoms with Gasteiger partial charge in [-0.25, -0.2) is 14.2 Å². The van der Waals surface area contributed by atoms with Gasteiger partial charge in [-0.2, -0.15) is 9.97 Å². The molecule has 0 amide bonds. The number of methoxy groups -OCH3 is 1. The van der Waals surface area contributed by atoms with Crippen molar-refractivity contribution in [3.05, 3.63) is 65.2 Å². The van der Waals surface area contributed by atoms with Crippen LogP contribution in [0.4, 0.5) is 10.2 Å². The number of aliphatic hydroxyl groups is 3. The number of hydrogen-bond acceptors (Lipinski definition) is 11. The number of esters is 1. The van der Waals surface area contributed by atoms with E-state index in [9.17, 15) is 20.1 Å². The van der Waals surface area contributed by atoms with Gasteiger partial charge < -0.3 is 35.3 Å². The number of rotatable bonds is 9. The van der Waals surface area contributed by atoms with Gasteiger partial charge in [0.25, 0.3) is 0 Å². The highest BCUT2D eigenvalue weighted by Crippen LogP contribution is 2.36. The summed E-state index contributed by atoms with van der Waals surface area (Å²) >= 11 is 5.90. The average molecular weight is 590 g/mol. The molecule has 5 rings (SSSR count). The molecule has 2 aromatic heterocycles. The molecular weight excluding hydrogens is 561 g/mol. The molecule has 1 fully saturated rings. The summed E-state index contributed by atoms with van der Waals surface area (Å²) in [5.41, 5.74) is 6.33. The quantitative estimate of drug-likeness (QED) is 0.163. The van der Waals surface area contributed by atoms with Crippen molar-refractivity contribution in [2.24, 2.45) is 0 Å². The zero-order chi connectivity index (χ0) is 29.3. The summed E-state index contributed by atoms with van der Waals surface area (Å²) in [7, 11) is 1.07. The van der Waals surface area contributed by atoms with Crippen molar-refractivity contribution < 1.29 is 38.7 Å². The van der Waals surface area contributed by atoms with Crippen molar-refractivity contribution in [3.63, 3.8) is 0 Å². The van der Waals surface area contributed by atoms with Crippen LogP contribution in [0.1, 0.15) is 30.2 Å². The number of carbonyl (C=O) groups excluding carboxylic acids is 1.